The zero-order chi connectivity index (χ0) is 43.6. The van der Waals surface area contributed by atoms with Crippen LogP contribution in [0, 0.1) is 0 Å². The average molecular weight is 851 g/mol. The first-order chi connectivity index (χ1) is 29.4. The van der Waals surface area contributed by atoms with Crippen LogP contribution in [-0.4, -0.2) is 89.6 Å². The second-order valence-corrected chi connectivity index (χ2v) is 17.3. The largest absolute Gasteiger partial charge is 0.457 e. The first-order valence-electron chi connectivity index (χ1n) is 25.1. The van der Waals surface area contributed by atoms with Gasteiger partial charge in [0.1, 0.15) is 30.5 Å². The van der Waals surface area contributed by atoms with Gasteiger partial charge in [-0.25, -0.2) is 0 Å². The number of hydrogen-bond acceptors (Lipinski definition) is 9. The molecule has 0 saturated carbocycles. The molecule has 60 heavy (non-hydrogen) atoms. The van der Waals surface area contributed by atoms with Crippen molar-refractivity contribution in [2.24, 2.45) is 0 Å². The Bertz CT molecular complexity index is 1010. The third-order valence-electron chi connectivity index (χ3n) is 11.6. The topological polar surface area (TPSA) is 135 Å². The van der Waals surface area contributed by atoms with Gasteiger partial charge in [0.25, 0.3) is 0 Å². The molecule has 0 aromatic heterocycles. The highest BCUT2D eigenvalue weighted by Gasteiger charge is 2.44. The van der Waals surface area contributed by atoms with E-state index in [-0.39, 0.29) is 19.2 Å². The lowest BCUT2D eigenvalue weighted by Gasteiger charge is -2.39. The zero-order valence-corrected chi connectivity index (χ0v) is 38.7. The summed E-state index contributed by atoms with van der Waals surface area (Å²) in [5.41, 5.74) is 0. The summed E-state index contributed by atoms with van der Waals surface area (Å²) < 4.78 is 22.8. The summed E-state index contributed by atoms with van der Waals surface area (Å²) >= 11 is 0. The van der Waals surface area contributed by atoms with Crippen molar-refractivity contribution in [3.8, 4) is 0 Å². The van der Waals surface area contributed by atoms with Gasteiger partial charge < -0.3 is 39.4 Å². The van der Waals surface area contributed by atoms with Gasteiger partial charge in [-0.05, 0) is 51.4 Å². The van der Waals surface area contributed by atoms with Crippen LogP contribution >= 0.6 is 0 Å². The smallest absolute Gasteiger partial charge is 0.306 e. The van der Waals surface area contributed by atoms with Crippen molar-refractivity contribution in [2.75, 3.05) is 26.4 Å². The Morgan fingerprint density at radius 1 is 0.533 bits per heavy atom. The molecule has 0 aromatic carbocycles. The van der Waals surface area contributed by atoms with Gasteiger partial charge in [0, 0.05) is 13.0 Å². The number of hydrogen-bond donors (Lipinski definition) is 4. The predicted octanol–water partition coefficient (Wildman–Crippen LogP) is 11.9. The Morgan fingerprint density at radius 2 is 0.967 bits per heavy atom. The Morgan fingerprint density at radius 3 is 1.45 bits per heavy atom. The molecule has 1 heterocycles. The number of rotatable bonds is 43. The number of esters is 1. The van der Waals surface area contributed by atoms with Gasteiger partial charge in [0.05, 0.1) is 19.8 Å². The van der Waals surface area contributed by atoms with Crippen molar-refractivity contribution in [3.05, 3.63) is 36.5 Å². The SMILES string of the molecule is CCCCCCC/C=C\C/C=C\C/C=C\CCCCCCCCCCCCC(=O)OC(COCCCCCCCCCCCCCC)COC1OC(CO)C(O)C(O)C1O. The van der Waals surface area contributed by atoms with Crippen LogP contribution in [0.3, 0.4) is 0 Å². The highest BCUT2D eigenvalue weighted by molar-refractivity contribution is 5.69. The van der Waals surface area contributed by atoms with Gasteiger partial charge in [-0.3, -0.25) is 4.79 Å². The number of aliphatic hydroxyl groups is 4. The van der Waals surface area contributed by atoms with Gasteiger partial charge in [-0.1, -0.05) is 198 Å². The molecule has 352 valence electrons. The van der Waals surface area contributed by atoms with Crippen LogP contribution in [0.15, 0.2) is 36.5 Å². The summed E-state index contributed by atoms with van der Waals surface area (Å²) in [7, 11) is 0. The van der Waals surface area contributed by atoms with E-state index in [1.54, 1.807) is 0 Å². The van der Waals surface area contributed by atoms with Crippen molar-refractivity contribution >= 4 is 5.97 Å². The summed E-state index contributed by atoms with van der Waals surface area (Å²) in [4.78, 5) is 12.8. The number of carbonyl (C=O) groups excluding carboxylic acids is 1. The van der Waals surface area contributed by atoms with Gasteiger partial charge >= 0.3 is 5.97 Å². The van der Waals surface area contributed by atoms with E-state index in [0.717, 1.165) is 44.9 Å². The Kier molecular flexibility index (Phi) is 40.2. The molecule has 9 nitrogen and oxygen atoms in total. The minimum absolute atomic E-state index is 0.112. The van der Waals surface area contributed by atoms with Crippen LogP contribution in [0.1, 0.15) is 219 Å². The van der Waals surface area contributed by atoms with E-state index in [4.69, 9.17) is 18.9 Å². The molecular weight excluding hydrogens is 757 g/mol. The maximum absolute atomic E-state index is 12.8. The van der Waals surface area contributed by atoms with Crippen molar-refractivity contribution in [1.29, 1.82) is 0 Å². The molecule has 0 spiro atoms. The van der Waals surface area contributed by atoms with Crippen LogP contribution in [0.5, 0.6) is 0 Å². The standard InChI is InChI=1S/C51H94O9/c1-3-5-7-9-11-13-15-17-18-19-20-21-22-23-24-25-26-27-28-29-30-32-34-36-38-40-47(53)59-45(44-58-51-50(56)49(55)48(54)46(42-52)60-51)43-57-41-39-37-35-33-31-16-14-12-10-8-6-4-2/h15,17,19-20,22-23,45-46,48-52,54-56H,3-14,16,18,21,24-44H2,1-2H3/b17-15-,20-19-,23-22-. The van der Waals surface area contributed by atoms with Crippen molar-refractivity contribution in [3.63, 3.8) is 0 Å². The Balaban J connectivity index is 2.17. The maximum Gasteiger partial charge on any atom is 0.306 e. The van der Waals surface area contributed by atoms with Crippen molar-refractivity contribution < 1.29 is 44.2 Å². The minimum Gasteiger partial charge on any atom is -0.457 e. The van der Waals surface area contributed by atoms with Crippen LogP contribution in [0.2, 0.25) is 0 Å². The maximum atomic E-state index is 12.8. The van der Waals surface area contributed by atoms with Gasteiger partial charge in [0.15, 0.2) is 6.29 Å². The molecule has 6 atom stereocenters. The number of allylic oxidation sites excluding steroid dienone is 6. The van der Waals surface area contributed by atoms with E-state index in [1.165, 1.54) is 154 Å². The molecule has 4 N–H and O–H groups in total. The second-order valence-electron chi connectivity index (χ2n) is 17.3. The predicted molar refractivity (Wildman–Crippen MR) is 247 cm³/mol. The molecule has 0 amide bonds. The van der Waals surface area contributed by atoms with Gasteiger partial charge in [-0.2, -0.15) is 0 Å². The lowest BCUT2D eigenvalue weighted by atomic mass is 9.99. The number of unbranched alkanes of at least 4 members (excludes halogenated alkanes) is 26. The van der Waals surface area contributed by atoms with Gasteiger partial charge in [-0.15, -0.1) is 0 Å². The fraction of sp³-hybridized carbons (Fsp3) is 0.863. The molecule has 0 aliphatic carbocycles. The van der Waals surface area contributed by atoms with E-state index < -0.39 is 43.4 Å². The highest BCUT2D eigenvalue weighted by atomic mass is 16.7. The highest BCUT2D eigenvalue weighted by Crippen LogP contribution is 2.23. The summed E-state index contributed by atoms with van der Waals surface area (Å²) in [5, 5.41) is 40.2. The zero-order valence-electron chi connectivity index (χ0n) is 38.7. The summed E-state index contributed by atoms with van der Waals surface area (Å²) in [5.74, 6) is -0.316. The first kappa shape index (κ1) is 56.4. The van der Waals surface area contributed by atoms with E-state index in [1.807, 2.05) is 0 Å². The molecule has 0 aromatic rings. The summed E-state index contributed by atoms with van der Waals surface area (Å²) in [6.45, 7) is 4.56. The van der Waals surface area contributed by atoms with Crippen LogP contribution in [-0.2, 0) is 23.7 Å². The summed E-state index contributed by atoms with van der Waals surface area (Å²) in [6.07, 6.45) is 44.6. The lowest BCUT2D eigenvalue weighted by Crippen LogP contribution is -2.59. The molecule has 1 aliphatic rings. The van der Waals surface area contributed by atoms with E-state index in [2.05, 4.69) is 50.3 Å². The molecule has 0 bridgehead atoms. The van der Waals surface area contributed by atoms with E-state index >= 15 is 0 Å². The molecule has 0 radical (unpaired) electrons. The van der Waals surface area contributed by atoms with Crippen LogP contribution in [0.4, 0.5) is 0 Å². The molecule has 6 unspecified atom stereocenters. The molecule has 1 saturated heterocycles. The molecular formula is C51H94O9. The number of carbonyl (C=O) groups is 1. The first-order valence-corrected chi connectivity index (χ1v) is 25.1. The monoisotopic (exact) mass is 851 g/mol. The van der Waals surface area contributed by atoms with E-state index in [9.17, 15) is 25.2 Å². The number of aliphatic hydroxyl groups excluding tert-OH is 4. The quantitative estimate of drug-likeness (QED) is 0.0269. The Labute approximate surface area is 368 Å². The minimum atomic E-state index is -1.54. The third-order valence-corrected chi connectivity index (χ3v) is 11.6. The third kappa shape index (κ3) is 33.0. The second kappa shape index (κ2) is 42.7. The molecule has 9 heteroatoms. The number of ether oxygens (including phenoxy) is 4. The normalized spacial score (nSPS) is 20.3. The lowest BCUT2D eigenvalue weighted by molar-refractivity contribution is -0.305. The van der Waals surface area contributed by atoms with E-state index in [0.29, 0.717) is 13.0 Å². The van der Waals surface area contributed by atoms with Crippen molar-refractivity contribution in [1.82, 2.24) is 0 Å². The fourth-order valence-electron chi connectivity index (χ4n) is 7.62. The molecule has 1 aliphatic heterocycles. The van der Waals surface area contributed by atoms with Crippen LogP contribution in [0.25, 0.3) is 0 Å². The Hall–Kier alpha value is -1.59. The van der Waals surface area contributed by atoms with Gasteiger partial charge in [0.2, 0.25) is 0 Å². The van der Waals surface area contributed by atoms with Crippen molar-refractivity contribution in [2.45, 2.75) is 256 Å². The average Bonchev–Trinajstić information content (AvgIpc) is 3.25. The summed E-state index contributed by atoms with van der Waals surface area (Å²) in [6, 6.07) is 0. The van der Waals surface area contributed by atoms with Crippen LogP contribution < -0.4 is 0 Å². The molecule has 1 rings (SSSR count). The molecule has 1 fully saturated rings. The fourth-order valence-corrected chi connectivity index (χ4v) is 7.62.